The summed E-state index contributed by atoms with van der Waals surface area (Å²) in [6.45, 7) is 7.59. The zero-order chi connectivity index (χ0) is 8.81. The summed E-state index contributed by atoms with van der Waals surface area (Å²) < 4.78 is 0. The van der Waals surface area contributed by atoms with Gasteiger partial charge in [-0.25, -0.2) is 0 Å². The molecule has 2 nitrogen and oxygen atoms in total. The number of aromatic nitrogens is 1. The fourth-order valence-electron chi connectivity index (χ4n) is 0.921. The normalized spacial score (nSPS) is 9.75. The SMILES string of the molecule is C=C(C)CNCc1ccncc1. The monoisotopic (exact) mass is 162 g/mol. The Morgan fingerprint density at radius 3 is 2.75 bits per heavy atom. The van der Waals surface area contributed by atoms with E-state index in [1.807, 2.05) is 19.1 Å². The van der Waals surface area contributed by atoms with Crippen molar-refractivity contribution < 1.29 is 0 Å². The van der Waals surface area contributed by atoms with E-state index >= 15 is 0 Å². The minimum Gasteiger partial charge on any atom is -0.309 e. The maximum Gasteiger partial charge on any atom is 0.0271 e. The van der Waals surface area contributed by atoms with E-state index in [0.29, 0.717) is 0 Å². The maximum atomic E-state index is 3.94. The van der Waals surface area contributed by atoms with Crippen molar-refractivity contribution in [3.8, 4) is 0 Å². The van der Waals surface area contributed by atoms with Gasteiger partial charge in [-0.05, 0) is 24.6 Å². The average molecular weight is 162 g/mol. The Kier molecular flexibility index (Phi) is 3.48. The minimum absolute atomic E-state index is 0.877. The van der Waals surface area contributed by atoms with Gasteiger partial charge in [0.15, 0.2) is 0 Å². The molecule has 1 aromatic heterocycles. The van der Waals surface area contributed by atoms with Crippen LogP contribution in [0.1, 0.15) is 12.5 Å². The van der Waals surface area contributed by atoms with Crippen molar-refractivity contribution in [2.75, 3.05) is 6.54 Å². The van der Waals surface area contributed by atoms with Gasteiger partial charge < -0.3 is 5.32 Å². The largest absolute Gasteiger partial charge is 0.309 e. The number of hydrogen-bond acceptors (Lipinski definition) is 2. The van der Waals surface area contributed by atoms with Crippen LogP contribution in [0.15, 0.2) is 36.7 Å². The van der Waals surface area contributed by atoms with E-state index in [9.17, 15) is 0 Å². The van der Waals surface area contributed by atoms with Gasteiger partial charge >= 0.3 is 0 Å². The summed E-state index contributed by atoms with van der Waals surface area (Å²) in [5, 5.41) is 3.27. The molecule has 1 N–H and O–H groups in total. The molecule has 0 amide bonds. The third kappa shape index (κ3) is 3.30. The summed E-state index contributed by atoms with van der Waals surface area (Å²) in [6.07, 6.45) is 3.61. The van der Waals surface area contributed by atoms with Gasteiger partial charge in [0.25, 0.3) is 0 Å². The summed E-state index contributed by atoms with van der Waals surface area (Å²) in [6, 6.07) is 4.01. The van der Waals surface area contributed by atoms with E-state index in [0.717, 1.165) is 18.7 Å². The molecule has 0 aliphatic rings. The maximum absolute atomic E-state index is 3.94. The average Bonchev–Trinajstić information content (AvgIpc) is 2.05. The highest BCUT2D eigenvalue weighted by Gasteiger charge is 1.89. The van der Waals surface area contributed by atoms with Crippen molar-refractivity contribution in [1.82, 2.24) is 10.3 Å². The smallest absolute Gasteiger partial charge is 0.0271 e. The first-order valence-corrected chi connectivity index (χ1v) is 4.03. The first kappa shape index (κ1) is 8.94. The van der Waals surface area contributed by atoms with Crippen LogP contribution in [0, 0.1) is 0 Å². The lowest BCUT2D eigenvalue weighted by Gasteiger charge is -2.02. The molecule has 12 heavy (non-hydrogen) atoms. The van der Waals surface area contributed by atoms with Crippen LogP contribution in [0.25, 0.3) is 0 Å². The molecule has 0 aromatic carbocycles. The third-order valence-electron chi connectivity index (χ3n) is 1.51. The minimum atomic E-state index is 0.877. The van der Waals surface area contributed by atoms with Gasteiger partial charge in [0.1, 0.15) is 0 Å². The predicted molar refractivity (Wildman–Crippen MR) is 50.8 cm³/mol. The molecule has 64 valence electrons. The molecule has 0 saturated carbocycles. The summed E-state index contributed by atoms with van der Waals surface area (Å²) in [7, 11) is 0. The van der Waals surface area contributed by atoms with Gasteiger partial charge in [-0.3, -0.25) is 4.98 Å². The Labute approximate surface area is 73.3 Å². The quantitative estimate of drug-likeness (QED) is 0.682. The molecular weight excluding hydrogens is 148 g/mol. The molecule has 0 atom stereocenters. The van der Waals surface area contributed by atoms with Crippen molar-refractivity contribution in [2.45, 2.75) is 13.5 Å². The Balaban J connectivity index is 2.29. The van der Waals surface area contributed by atoms with E-state index in [4.69, 9.17) is 0 Å². The van der Waals surface area contributed by atoms with Crippen molar-refractivity contribution in [1.29, 1.82) is 0 Å². The van der Waals surface area contributed by atoms with Crippen molar-refractivity contribution in [3.63, 3.8) is 0 Å². The summed E-state index contributed by atoms with van der Waals surface area (Å²) >= 11 is 0. The molecule has 0 saturated heterocycles. The van der Waals surface area contributed by atoms with Gasteiger partial charge in [-0.2, -0.15) is 0 Å². The van der Waals surface area contributed by atoms with Gasteiger partial charge in [-0.1, -0.05) is 12.2 Å². The zero-order valence-corrected chi connectivity index (χ0v) is 7.38. The molecule has 0 bridgehead atoms. The molecule has 0 aliphatic heterocycles. The Hall–Kier alpha value is -1.15. The van der Waals surface area contributed by atoms with Crippen LogP contribution >= 0.6 is 0 Å². The predicted octanol–water partition coefficient (Wildman–Crippen LogP) is 1.75. The first-order valence-electron chi connectivity index (χ1n) is 4.03. The molecule has 0 spiro atoms. The highest BCUT2D eigenvalue weighted by Crippen LogP contribution is 1.94. The standard InChI is InChI=1S/C10H14N2/c1-9(2)7-12-8-10-3-5-11-6-4-10/h3-6,12H,1,7-8H2,2H3. The Morgan fingerprint density at radius 2 is 2.17 bits per heavy atom. The van der Waals surface area contributed by atoms with Crippen LogP contribution < -0.4 is 5.32 Å². The zero-order valence-electron chi connectivity index (χ0n) is 7.38. The molecule has 1 aromatic rings. The second kappa shape index (κ2) is 4.67. The summed E-state index contributed by atoms with van der Waals surface area (Å²) in [4.78, 5) is 3.94. The molecule has 2 heteroatoms. The third-order valence-corrected chi connectivity index (χ3v) is 1.51. The van der Waals surface area contributed by atoms with Gasteiger partial charge in [0.2, 0.25) is 0 Å². The molecule has 1 heterocycles. The molecule has 0 aliphatic carbocycles. The number of rotatable bonds is 4. The van der Waals surface area contributed by atoms with Crippen LogP contribution in [0.3, 0.4) is 0 Å². The first-order chi connectivity index (χ1) is 5.79. The summed E-state index contributed by atoms with van der Waals surface area (Å²) in [5.74, 6) is 0. The second-order valence-electron chi connectivity index (χ2n) is 2.92. The van der Waals surface area contributed by atoms with Crippen molar-refractivity contribution in [3.05, 3.63) is 42.2 Å². The fraction of sp³-hybridized carbons (Fsp3) is 0.300. The highest BCUT2D eigenvalue weighted by atomic mass is 14.8. The topological polar surface area (TPSA) is 24.9 Å². The van der Waals surface area contributed by atoms with Crippen molar-refractivity contribution >= 4 is 0 Å². The van der Waals surface area contributed by atoms with Crippen LogP contribution in [0.2, 0.25) is 0 Å². The fourth-order valence-corrected chi connectivity index (χ4v) is 0.921. The number of nitrogens with zero attached hydrogens (tertiary/aromatic N) is 1. The molecule has 1 rings (SSSR count). The van der Waals surface area contributed by atoms with E-state index in [1.165, 1.54) is 5.56 Å². The lowest BCUT2D eigenvalue weighted by Crippen LogP contribution is -2.14. The summed E-state index contributed by atoms with van der Waals surface area (Å²) in [5.41, 5.74) is 2.41. The number of hydrogen-bond donors (Lipinski definition) is 1. The number of pyridine rings is 1. The lowest BCUT2D eigenvalue weighted by atomic mass is 10.2. The van der Waals surface area contributed by atoms with E-state index < -0.39 is 0 Å². The van der Waals surface area contributed by atoms with Crippen LogP contribution in [0.5, 0.6) is 0 Å². The molecule has 0 unspecified atom stereocenters. The Bertz CT molecular complexity index is 241. The van der Waals surface area contributed by atoms with E-state index in [1.54, 1.807) is 12.4 Å². The van der Waals surface area contributed by atoms with Crippen molar-refractivity contribution in [2.24, 2.45) is 0 Å². The lowest BCUT2D eigenvalue weighted by molar-refractivity contribution is 0.740. The van der Waals surface area contributed by atoms with Crippen LogP contribution in [-0.2, 0) is 6.54 Å². The molecular formula is C10H14N2. The highest BCUT2D eigenvalue weighted by molar-refractivity contribution is 5.09. The van der Waals surface area contributed by atoms with Gasteiger partial charge in [0.05, 0.1) is 0 Å². The van der Waals surface area contributed by atoms with Crippen LogP contribution in [0.4, 0.5) is 0 Å². The molecule has 0 radical (unpaired) electrons. The Morgan fingerprint density at radius 1 is 1.50 bits per heavy atom. The van der Waals surface area contributed by atoms with Gasteiger partial charge in [0, 0.05) is 25.5 Å². The van der Waals surface area contributed by atoms with Crippen LogP contribution in [-0.4, -0.2) is 11.5 Å². The number of nitrogens with one attached hydrogen (secondary N) is 1. The van der Waals surface area contributed by atoms with Gasteiger partial charge in [-0.15, -0.1) is 0 Å². The van der Waals surface area contributed by atoms with E-state index in [-0.39, 0.29) is 0 Å². The van der Waals surface area contributed by atoms with E-state index in [2.05, 4.69) is 16.9 Å². The molecule has 0 fully saturated rings. The second-order valence-corrected chi connectivity index (χ2v) is 2.92.